The number of allylic oxidation sites excluding steroid dienone is 1. The molecule has 1 heterocycles. The van der Waals surface area contributed by atoms with Crippen LogP contribution < -0.4 is 4.90 Å². The normalized spacial score (nSPS) is 26.6. The summed E-state index contributed by atoms with van der Waals surface area (Å²) in [6.07, 6.45) is 5.91. The molecule has 1 aliphatic heterocycles. The number of anilines is 2. The van der Waals surface area contributed by atoms with Crippen LogP contribution in [0.4, 0.5) is 11.4 Å². The third-order valence-electron chi connectivity index (χ3n) is 4.99. The van der Waals surface area contributed by atoms with Gasteiger partial charge in [-0.25, -0.2) is 0 Å². The number of benzene rings is 2. The van der Waals surface area contributed by atoms with E-state index >= 15 is 0 Å². The Kier molecular flexibility index (Phi) is 2.88. The molecule has 0 saturated heterocycles. The maximum absolute atomic E-state index is 2.56. The highest BCUT2D eigenvalue weighted by Crippen LogP contribution is 2.50. The Labute approximate surface area is 126 Å². The van der Waals surface area contributed by atoms with E-state index in [2.05, 4.69) is 79.4 Å². The van der Waals surface area contributed by atoms with Gasteiger partial charge in [-0.15, -0.1) is 0 Å². The highest BCUT2D eigenvalue weighted by molar-refractivity contribution is 5.73. The minimum Gasteiger partial charge on any atom is -0.337 e. The molecule has 0 amide bonds. The number of nitrogens with zero attached hydrogens (tertiary/aromatic N) is 1. The van der Waals surface area contributed by atoms with Crippen LogP contribution in [0.15, 0.2) is 60.7 Å². The van der Waals surface area contributed by atoms with Gasteiger partial charge in [-0.05, 0) is 43.0 Å². The van der Waals surface area contributed by atoms with E-state index in [1.165, 1.54) is 22.5 Å². The Balaban J connectivity index is 1.87. The predicted molar refractivity (Wildman–Crippen MR) is 89.2 cm³/mol. The lowest BCUT2D eigenvalue weighted by Crippen LogP contribution is -2.36. The van der Waals surface area contributed by atoms with Gasteiger partial charge in [-0.1, -0.05) is 55.0 Å². The summed E-state index contributed by atoms with van der Waals surface area (Å²) in [5.41, 5.74) is 5.55. The van der Waals surface area contributed by atoms with Gasteiger partial charge in [0.15, 0.2) is 0 Å². The van der Waals surface area contributed by atoms with E-state index in [1.54, 1.807) is 0 Å². The second-order valence-corrected chi connectivity index (χ2v) is 6.38. The SMILES string of the molecule is Cc1ccc(N2c3ccccc3C3CC=CC(C)C32)cc1. The summed E-state index contributed by atoms with van der Waals surface area (Å²) < 4.78 is 0. The van der Waals surface area contributed by atoms with Crippen molar-refractivity contribution in [3.05, 3.63) is 71.8 Å². The summed E-state index contributed by atoms with van der Waals surface area (Å²) >= 11 is 0. The molecule has 2 aromatic rings. The summed E-state index contributed by atoms with van der Waals surface area (Å²) in [7, 11) is 0. The molecule has 0 radical (unpaired) electrons. The van der Waals surface area contributed by atoms with Crippen molar-refractivity contribution < 1.29 is 0 Å². The van der Waals surface area contributed by atoms with E-state index < -0.39 is 0 Å². The average molecular weight is 275 g/mol. The fraction of sp³-hybridized carbons (Fsp3) is 0.300. The first kappa shape index (κ1) is 12.7. The first-order valence-electron chi connectivity index (χ1n) is 7.87. The van der Waals surface area contributed by atoms with Crippen LogP contribution in [0.5, 0.6) is 0 Å². The van der Waals surface area contributed by atoms with Gasteiger partial charge in [0.1, 0.15) is 0 Å². The highest BCUT2D eigenvalue weighted by Gasteiger charge is 2.42. The zero-order valence-electron chi connectivity index (χ0n) is 12.7. The van der Waals surface area contributed by atoms with Gasteiger partial charge < -0.3 is 4.90 Å². The van der Waals surface area contributed by atoms with Gasteiger partial charge in [-0.3, -0.25) is 0 Å². The fourth-order valence-corrected chi connectivity index (χ4v) is 3.98. The molecule has 0 bridgehead atoms. The molecule has 3 unspecified atom stereocenters. The minimum atomic E-state index is 0.551. The van der Waals surface area contributed by atoms with E-state index in [0.717, 1.165) is 6.42 Å². The average Bonchev–Trinajstić information content (AvgIpc) is 2.84. The first-order valence-corrected chi connectivity index (χ1v) is 7.87. The summed E-state index contributed by atoms with van der Waals surface area (Å²) in [6, 6.07) is 18.4. The molecule has 1 nitrogen and oxygen atoms in total. The van der Waals surface area contributed by atoms with Gasteiger partial charge in [0.25, 0.3) is 0 Å². The molecular formula is C20H21N. The molecule has 0 fully saturated rings. The Morgan fingerprint density at radius 1 is 1.00 bits per heavy atom. The van der Waals surface area contributed by atoms with Crippen molar-refractivity contribution in [3.63, 3.8) is 0 Å². The first-order chi connectivity index (χ1) is 10.3. The molecule has 1 aliphatic carbocycles. The van der Waals surface area contributed by atoms with E-state index in [0.29, 0.717) is 17.9 Å². The number of hydrogen-bond acceptors (Lipinski definition) is 1. The van der Waals surface area contributed by atoms with Crippen LogP contribution in [0, 0.1) is 12.8 Å². The summed E-state index contributed by atoms with van der Waals surface area (Å²) in [6.45, 7) is 4.50. The second kappa shape index (κ2) is 4.77. The number of fused-ring (bicyclic) bond motifs is 3. The molecule has 2 aromatic carbocycles. The van der Waals surface area contributed by atoms with Crippen molar-refractivity contribution >= 4 is 11.4 Å². The molecule has 0 saturated carbocycles. The maximum atomic E-state index is 2.56. The van der Waals surface area contributed by atoms with E-state index in [1.807, 2.05) is 0 Å². The summed E-state index contributed by atoms with van der Waals surface area (Å²) in [5, 5.41) is 0. The van der Waals surface area contributed by atoms with Crippen molar-refractivity contribution in [1.82, 2.24) is 0 Å². The van der Waals surface area contributed by atoms with Crippen molar-refractivity contribution in [1.29, 1.82) is 0 Å². The Bertz CT molecular complexity index is 683. The molecule has 106 valence electrons. The van der Waals surface area contributed by atoms with Gasteiger partial charge in [0.05, 0.1) is 0 Å². The van der Waals surface area contributed by atoms with Gasteiger partial charge in [0, 0.05) is 23.3 Å². The van der Waals surface area contributed by atoms with E-state index in [9.17, 15) is 0 Å². The van der Waals surface area contributed by atoms with Crippen molar-refractivity contribution in [3.8, 4) is 0 Å². The van der Waals surface area contributed by atoms with E-state index in [-0.39, 0.29) is 0 Å². The smallest absolute Gasteiger partial charge is 0.0474 e. The standard InChI is InChI=1S/C20H21N/c1-14-10-12-16(13-11-14)21-19-9-4-3-7-17(19)18-8-5-6-15(2)20(18)21/h3-7,9-13,15,18,20H,8H2,1-2H3. The van der Waals surface area contributed by atoms with Crippen LogP contribution in [0.3, 0.4) is 0 Å². The number of aryl methyl sites for hydroxylation is 1. The van der Waals surface area contributed by atoms with Crippen molar-refractivity contribution in [2.45, 2.75) is 32.2 Å². The second-order valence-electron chi connectivity index (χ2n) is 6.38. The van der Waals surface area contributed by atoms with Crippen LogP contribution in [0.2, 0.25) is 0 Å². The van der Waals surface area contributed by atoms with Crippen molar-refractivity contribution in [2.75, 3.05) is 4.90 Å². The number of para-hydroxylation sites is 1. The Hall–Kier alpha value is -2.02. The van der Waals surface area contributed by atoms with Crippen LogP contribution in [0.1, 0.15) is 30.4 Å². The van der Waals surface area contributed by atoms with Gasteiger partial charge >= 0.3 is 0 Å². The van der Waals surface area contributed by atoms with E-state index in [4.69, 9.17) is 0 Å². The van der Waals surface area contributed by atoms with Gasteiger partial charge in [0.2, 0.25) is 0 Å². The van der Waals surface area contributed by atoms with Crippen LogP contribution in [-0.2, 0) is 0 Å². The Morgan fingerprint density at radius 3 is 2.57 bits per heavy atom. The quantitative estimate of drug-likeness (QED) is 0.647. The number of hydrogen-bond donors (Lipinski definition) is 0. The Morgan fingerprint density at radius 2 is 1.76 bits per heavy atom. The molecule has 1 heteroatoms. The lowest BCUT2D eigenvalue weighted by Gasteiger charge is -2.36. The topological polar surface area (TPSA) is 3.24 Å². The lowest BCUT2D eigenvalue weighted by atomic mass is 9.80. The molecule has 4 rings (SSSR count). The van der Waals surface area contributed by atoms with Crippen molar-refractivity contribution in [2.24, 2.45) is 5.92 Å². The predicted octanol–water partition coefficient (Wildman–Crippen LogP) is 5.19. The molecule has 3 atom stereocenters. The zero-order valence-corrected chi connectivity index (χ0v) is 12.7. The third kappa shape index (κ3) is 1.91. The third-order valence-corrected chi connectivity index (χ3v) is 4.99. The molecule has 0 aromatic heterocycles. The summed E-state index contributed by atoms with van der Waals surface area (Å²) in [4.78, 5) is 2.56. The monoisotopic (exact) mass is 275 g/mol. The lowest BCUT2D eigenvalue weighted by molar-refractivity contribution is 0.448. The molecule has 2 aliphatic rings. The molecule has 0 spiro atoms. The largest absolute Gasteiger partial charge is 0.337 e. The highest BCUT2D eigenvalue weighted by atomic mass is 15.2. The fourth-order valence-electron chi connectivity index (χ4n) is 3.98. The summed E-state index contributed by atoms with van der Waals surface area (Å²) in [5.74, 6) is 1.21. The zero-order chi connectivity index (χ0) is 14.4. The van der Waals surface area contributed by atoms with Crippen LogP contribution in [0.25, 0.3) is 0 Å². The maximum Gasteiger partial charge on any atom is 0.0474 e. The molecule has 0 N–H and O–H groups in total. The van der Waals surface area contributed by atoms with Gasteiger partial charge in [-0.2, -0.15) is 0 Å². The number of rotatable bonds is 1. The molecule has 21 heavy (non-hydrogen) atoms. The minimum absolute atomic E-state index is 0.551. The van der Waals surface area contributed by atoms with Crippen LogP contribution in [-0.4, -0.2) is 6.04 Å². The molecular weight excluding hydrogens is 254 g/mol. The van der Waals surface area contributed by atoms with Crippen LogP contribution >= 0.6 is 0 Å².